The fourth-order valence-corrected chi connectivity index (χ4v) is 7.54. The number of Topliss-reactive ketones (excluding diaryl/α,β-unsaturated/α-hetero) is 2. The number of piperidine rings is 2. The molecule has 4 heterocycles. The summed E-state index contributed by atoms with van der Waals surface area (Å²) in [6, 6.07) is 3.82. The van der Waals surface area contributed by atoms with Crippen molar-refractivity contribution in [3.8, 4) is 0 Å². The van der Waals surface area contributed by atoms with Crippen LogP contribution in [0.25, 0.3) is 5.57 Å². The zero-order valence-corrected chi connectivity index (χ0v) is 19.5. The molecule has 2 saturated heterocycles. The fraction of sp³-hybridized carbons (Fsp3) is 0.500. The van der Waals surface area contributed by atoms with Crippen LogP contribution in [0, 0.1) is 0 Å². The van der Waals surface area contributed by atoms with Gasteiger partial charge in [0.1, 0.15) is 0 Å². The predicted molar refractivity (Wildman–Crippen MR) is 125 cm³/mol. The van der Waals surface area contributed by atoms with Crippen molar-refractivity contribution in [2.75, 3.05) is 38.1 Å². The van der Waals surface area contributed by atoms with Gasteiger partial charge in [-0.2, -0.15) is 0 Å². The van der Waals surface area contributed by atoms with Gasteiger partial charge < -0.3 is 14.5 Å². The average molecular weight is 457 g/mol. The number of likely N-dealkylation sites (tertiary alicyclic amines) is 1. The molecule has 0 amide bonds. The molecule has 3 aliphatic heterocycles. The van der Waals surface area contributed by atoms with Crippen molar-refractivity contribution in [1.82, 2.24) is 0 Å². The summed E-state index contributed by atoms with van der Waals surface area (Å²) in [5.41, 5.74) is 0.150. The van der Waals surface area contributed by atoms with E-state index in [1.807, 2.05) is 18.2 Å². The van der Waals surface area contributed by atoms with Crippen molar-refractivity contribution in [2.24, 2.45) is 0 Å². The molecule has 2 fully saturated rings. The van der Waals surface area contributed by atoms with Crippen LogP contribution >= 0.6 is 23.1 Å². The summed E-state index contributed by atoms with van der Waals surface area (Å²) < 4.78 is 0.926. The van der Waals surface area contributed by atoms with Crippen molar-refractivity contribution < 1.29 is 19.2 Å². The van der Waals surface area contributed by atoms with Gasteiger partial charge in [-0.3, -0.25) is 9.59 Å². The second-order valence-corrected chi connectivity index (χ2v) is 11.4. The normalized spacial score (nSPS) is 28.8. The van der Waals surface area contributed by atoms with Crippen LogP contribution in [0.4, 0.5) is 5.00 Å². The second-order valence-electron chi connectivity index (χ2n) is 9.14. The number of ketones is 2. The van der Waals surface area contributed by atoms with Crippen LogP contribution in [0.3, 0.4) is 0 Å². The molecule has 1 aromatic heterocycles. The number of rotatable bonds is 3. The highest BCUT2D eigenvalue weighted by Gasteiger charge is 2.40. The highest BCUT2D eigenvalue weighted by atomic mass is 32.2. The summed E-state index contributed by atoms with van der Waals surface area (Å²) in [6.45, 7) is 4.23. The number of thioether (sulfide) groups is 1. The molecule has 0 bridgehead atoms. The Labute approximate surface area is 191 Å². The summed E-state index contributed by atoms with van der Waals surface area (Å²) in [4.78, 5) is 29.3. The van der Waals surface area contributed by atoms with Gasteiger partial charge in [0.25, 0.3) is 0 Å². The number of nitrogens with zero attached hydrogens (tertiary/aromatic N) is 2. The van der Waals surface area contributed by atoms with Crippen molar-refractivity contribution >= 4 is 45.2 Å². The summed E-state index contributed by atoms with van der Waals surface area (Å²) in [7, 11) is 2.25. The molecule has 5 rings (SSSR count). The van der Waals surface area contributed by atoms with Gasteiger partial charge in [-0.1, -0.05) is 17.5 Å². The number of anilines is 1. The third-order valence-electron chi connectivity index (χ3n) is 6.98. The van der Waals surface area contributed by atoms with Crippen LogP contribution in [0.1, 0.15) is 43.4 Å². The van der Waals surface area contributed by atoms with E-state index >= 15 is 0 Å². The molecule has 164 valence electrons. The van der Waals surface area contributed by atoms with E-state index in [9.17, 15) is 14.7 Å². The number of thiophene rings is 1. The van der Waals surface area contributed by atoms with Crippen molar-refractivity contribution in [3.63, 3.8) is 0 Å². The Balaban J connectivity index is 1.43. The van der Waals surface area contributed by atoms with Crippen LogP contribution in [0.2, 0.25) is 0 Å². The Hall–Kier alpha value is -1.83. The topological polar surface area (TPSA) is 60.4 Å². The predicted octanol–water partition coefficient (Wildman–Crippen LogP) is 3.48. The zero-order valence-electron chi connectivity index (χ0n) is 17.9. The SMILES string of the molecule is C[N+]1(C2C=C/C(=C3\C(=O)C(=O)C(c4ccc(N5CCCCC5)s4)=C3[O-])S2)CCCCC1. The van der Waals surface area contributed by atoms with Gasteiger partial charge in [0.2, 0.25) is 11.6 Å². The molecule has 7 heteroatoms. The van der Waals surface area contributed by atoms with Gasteiger partial charge in [0.15, 0.2) is 5.37 Å². The molecule has 0 spiro atoms. The number of likely N-dealkylation sites (N-methyl/N-ethyl adjacent to an activating group) is 1. The van der Waals surface area contributed by atoms with Gasteiger partial charge in [-0.25, -0.2) is 0 Å². The maximum absolute atomic E-state index is 13.3. The lowest BCUT2D eigenvalue weighted by Gasteiger charge is -2.41. The van der Waals surface area contributed by atoms with Gasteiger partial charge >= 0.3 is 0 Å². The number of quaternary nitrogens is 1. The summed E-state index contributed by atoms with van der Waals surface area (Å²) >= 11 is 3.03. The maximum atomic E-state index is 13.3. The van der Waals surface area contributed by atoms with Crippen LogP contribution in [0.5, 0.6) is 0 Å². The summed E-state index contributed by atoms with van der Waals surface area (Å²) in [5.74, 6) is -1.67. The Morgan fingerprint density at radius 3 is 2.39 bits per heavy atom. The Morgan fingerprint density at radius 2 is 1.65 bits per heavy atom. The van der Waals surface area contributed by atoms with Crippen LogP contribution in [0.15, 0.2) is 40.5 Å². The lowest BCUT2D eigenvalue weighted by molar-refractivity contribution is -0.917. The van der Waals surface area contributed by atoms with E-state index in [-0.39, 0.29) is 16.5 Å². The average Bonchev–Trinajstić information content (AvgIpc) is 3.50. The molecule has 31 heavy (non-hydrogen) atoms. The third kappa shape index (κ3) is 3.70. The van der Waals surface area contributed by atoms with Gasteiger partial charge in [-0.15, -0.1) is 11.3 Å². The number of hydrogen-bond acceptors (Lipinski definition) is 6. The van der Waals surface area contributed by atoms with E-state index in [1.165, 1.54) is 49.9 Å². The summed E-state index contributed by atoms with van der Waals surface area (Å²) in [6.07, 6.45) is 11.3. The zero-order chi connectivity index (χ0) is 21.6. The van der Waals surface area contributed by atoms with E-state index in [2.05, 4.69) is 18.0 Å². The molecule has 4 aliphatic rings. The van der Waals surface area contributed by atoms with Crippen molar-refractivity contribution in [1.29, 1.82) is 0 Å². The van der Waals surface area contributed by atoms with Crippen molar-refractivity contribution in [3.05, 3.63) is 45.4 Å². The summed E-state index contributed by atoms with van der Waals surface area (Å²) in [5, 5.41) is 14.5. The third-order valence-corrected chi connectivity index (χ3v) is 9.64. The first kappa shape index (κ1) is 21.0. The molecule has 1 aliphatic carbocycles. The monoisotopic (exact) mass is 456 g/mol. The van der Waals surface area contributed by atoms with E-state index in [0.717, 1.165) is 35.7 Å². The number of hydrogen-bond donors (Lipinski definition) is 0. The lowest BCUT2D eigenvalue weighted by atomic mass is 10.1. The Bertz CT molecular complexity index is 1010. The van der Waals surface area contributed by atoms with Gasteiger partial charge in [0, 0.05) is 34.0 Å². The van der Waals surface area contributed by atoms with E-state index in [0.29, 0.717) is 9.78 Å². The highest BCUT2D eigenvalue weighted by Crippen LogP contribution is 2.44. The first-order chi connectivity index (χ1) is 15.0. The van der Waals surface area contributed by atoms with E-state index < -0.39 is 17.3 Å². The molecule has 5 nitrogen and oxygen atoms in total. The smallest absolute Gasteiger partial charge is 0.234 e. The molecule has 0 radical (unpaired) electrons. The number of allylic oxidation sites excluding steroid dienone is 3. The molecule has 0 N–H and O–H groups in total. The van der Waals surface area contributed by atoms with Gasteiger partial charge in [-0.05, 0) is 62.8 Å². The van der Waals surface area contributed by atoms with Crippen molar-refractivity contribution in [2.45, 2.75) is 43.9 Å². The molecular formula is C24H28N2O3S2. The Morgan fingerprint density at radius 1 is 0.968 bits per heavy atom. The van der Waals surface area contributed by atoms with E-state index in [4.69, 9.17) is 0 Å². The molecule has 1 atom stereocenters. The minimum absolute atomic E-state index is 0.0663. The fourth-order valence-electron chi connectivity index (χ4n) is 5.10. The quantitative estimate of drug-likeness (QED) is 0.396. The minimum atomic E-state index is -0.643. The molecule has 1 aromatic rings. The number of carbonyl (C=O) groups is 2. The number of carbonyl (C=O) groups excluding carboxylic acids is 2. The van der Waals surface area contributed by atoms with Gasteiger partial charge in [0.05, 0.1) is 25.1 Å². The first-order valence-electron chi connectivity index (χ1n) is 11.3. The largest absolute Gasteiger partial charge is 0.871 e. The molecule has 1 unspecified atom stereocenters. The van der Waals surface area contributed by atoms with Crippen LogP contribution in [-0.4, -0.2) is 54.7 Å². The standard InChI is InChI=1S/C24H28N2O3S2/c1-26(14-6-3-7-15-26)19-11-9-17(31-19)21-22(27)20(23(28)24(21)29)16-8-10-18(30-16)25-12-4-2-5-13-25/h8-11,19H,2-7,12-15H2,1H3/b21-17+. The molecular weight excluding hydrogens is 428 g/mol. The molecule has 0 aromatic carbocycles. The van der Waals surface area contributed by atoms with Crippen LogP contribution in [-0.2, 0) is 9.59 Å². The Kier molecular flexibility index (Phi) is 5.61. The second kappa shape index (κ2) is 8.26. The highest BCUT2D eigenvalue weighted by molar-refractivity contribution is 8.04. The maximum Gasteiger partial charge on any atom is 0.234 e. The lowest BCUT2D eigenvalue weighted by Crippen LogP contribution is -2.52. The molecule has 0 saturated carbocycles. The van der Waals surface area contributed by atoms with Crippen LogP contribution < -0.4 is 10.0 Å². The van der Waals surface area contributed by atoms with E-state index in [1.54, 1.807) is 11.8 Å². The minimum Gasteiger partial charge on any atom is -0.871 e. The first-order valence-corrected chi connectivity index (χ1v) is 13.0.